The van der Waals surface area contributed by atoms with E-state index < -0.39 is 23.9 Å². The van der Waals surface area contributed by atoms with Gasteiger partial charge in [0.05, 0.1) is 28.8 Å². The van der Waals surface area contributed by atoms with E-state index >= 15 is 0 Å². The highest BCUT2D eigenvalue weighted by Crippen LogP contribution is 2.36. The van der Waals surface area contributed by atoms with E-state index in [0.29, 0.717) is 42.6 Å². The van der Waals surface area contributed by atoms with Crippen molar-refractivity contribution in [1.29, 1.82) is 0 Å². The Labute approximate surface area is 231 Å². The van der Waals surface area contributed by atoms with E-state index in [2.05, 4.69) is 15.5 Å². The number of aliphatic hydroxyl groups excluding tert-OH is 1. The summed E-state index contributed by atoms with van der Waals surface area (Å²) in [5.74, 6) is 0. The summed E-state index contributed by atoms with van der Waals surface area (Å²) in [6.45, 7) is -0.121. The highest BCUT2D eigenvalue weighted by molar-refractivity contribution is 7.18. The molecule has 0 radical (unpaired) electrons. The fourth-order valence-electron chi connectivity index (χ4n) is 3.63. The molecule has 0 fully saturated rings. The highest BCUT2D eigenvalue weighted by atomic mass is 35.5. The fraction of sp³-hybridized carbons (Fsp3) is 0.231. The van der Waals surface area contributed by atoms with E-state index in [1.807, 2.05) is 6.07 Å². The molecule has 0 saturated carbocycles. The zero-order valence-corrected chi connectivity index (χ0v) is 22.2. The largest absolute Gasteiger partial charge is 0.416 e. The number of halogens is 5. The topological polar surface area (TPSA) is 76.5 Å². The summed E-state index contributed by atoms with van der Waals surface area (Å²) < 4.78 is 51.1. The molecule has 1 aromatic heterocycles. The Bertz CT molecular complexity index is 1390. The van der Waals surface area contributed by atoms with Gasteiger partial charge in [-0.3, -0.25) is 0 Å². The standard InChI is InChI=1S/C26H22Cl2F3N3O3S/c1-36-13-20(35)14-37-23(16-5-3-7-18(11-16)26(29,30)31)15-4-2-6-17(10-15)24-33-34-25(38-24)32-19-8-9-21(27)22(28)12-19/h2-12,20,23,35H,13-14H2,1H3,(H,32,34). The molecular formula is C26H22Cl2F3N3O3S. The molecule has 2 unspecified atom stereocenters. The minimum Gasteiger partial charge on any atom is -0.388 e. The van der Waals surface area contributed by atoms with Gasteiger partial charge in [0.1, 0.15) is 17.2 Å². The minimum absolute atomic E-state index is 0.0226. The lowest BCUT2D eigenvalue weighted by Crippen LogP contribution is -2.23. The van der Waals surface area contributed by atoms with Gasteiger partial charge in [0, 0.05) is 18.4 Å². The number of nitrogens with zero attached hydrogens (tertiary/aromatic N) is 2. The number of hydrogen-bond donors (Lipinski definition) is 2. The average molecular weight is 584 g/mol. The van der Waals surface area contributed by atoms with Crippen molar-refractivity contribution in [1.82, 2.24) is 10.2 Å². The number of alkyl halides is 3. The van der Waals surface area contributed by atoms with Crippen LogP contribution < -0.4 is 5.32 Å². The fourth-order valence-corrected chi connectivity index (χ4v) is 4.69. The number of rotatable bonds is 10. The maximum Gasteiger partial charge on any atom is 0.416 e. The van der Waals surface area contributed by atoms with Crippen molar-refractivity contribution in [3.63, 3.8) is 0 Å². The van der Waals surface area contributed by atoms with Gasteiger partial charge in [-0.1, -0.05) is 64.9 Å². The summed E-state index contributed by atoms with van der Waals surface area (Å²) >= 11 is 13.3. The van der Waals surface area contributed by atoms with Crippen molar-refractivity contribution in [3.05, 3.63) is 93.5 Å². The molecule has 0 aliphatic rings. The van der Waals surface area contributed by atoms with Gasteiger partial charge in [-0.15, -0.1) is 10.2 Å². The Hall–Kier alpha value is -2.73. The second-order valence-corrected chi connectivity index (χ2v) is 10.0. The molecule has 4 aromatic rings. The molecule has 0 bridgehead atoms. The van der Waals surface area contributed by atoms with Crippen LogP contribution in [0, 0.1) is 0 Å². The Morgan fingerprint density at radius 2 is 1.68 bits per heavy atom. The SMILES string of the molecule is COCC(O)COC(c1cccc(-c2nnc(Nc3ccc(Cl)c(Cl)c3)s2)c1)c1cccc(C(F)(F)F)c1. The molecule has 0 amide bonds. The zero-order valence-electron chi connectivity index (χ0n) is 19.9. The molecule has 6 nitrogen and oxygen atoms in total. The number of benzene rings is 3. The lowest BCUT2D eigenvalue weighted by molar-refractivity contribution is -0.137. The number of aromatic nitrogens is 2. The smallest absolute Gasteiger partial charge is 0.388 e. The molecule has 2 N–H and O–H groups in total. The average Bonchev–Trinajstić information content (AvgIpc) is 3.35. The van der Waals surface area contributed by atoms with Gasteiger partial charge in [0.2, 0.25) is 5.13 Å². The van der Waals surface area contributed by atoms with Crippen LogP contribution in [0.1, 0.15) is 22.8 Å². The third-order valence-corrected chi connectivity index (χ3v) is 6.99. The van der Waals surface area contributed by atoms with Crippen molar-refractivity contribution in [2.75, 3.05) is 25.6 Å². The summed E-state index contributed by atoms with van der Waals surface area (Å²) in [7, 11) is 1.43. The molecule has 200 valence electrons. The summed E-state index contributed by atoms with van der Waals surface area (Å²) in [5.41, 5.74) is 1.46. The Morgan fingerprint density at radius 3 is 2.39 bits per heavy atom. The minimum atomic E-state index is -4.51. The van der Waals surface area contributed by atoms with Crippen LogP contribution in [0.2, 0.25) is 10.0 Å². The van der Waals surface area contributed by atoms with Gasteiger partial charge >= 0.3 is 6.18 Å². The van der Waals surface area contributed by atoms with Crippen LogP contribution in [0.15, 0.2) is 66.7 Å². The lowest BCUT2D eigenvalue weighted by Gasteiger charge is -2.22. The van der Waals surface area contributed by atoms with E-state index in [4.69, 9.17) is 32.7 Å². The first-order chi connectivity index (χ1) is 18.1. The monoisotopic (exact) mass is 583 g/mol. The quantitative estimate of drug-likeness (QED) is 0.203. The van der Waals surface area contributed by atoms with Gasteiger partial charge < -0.3 is 19.9 Å². The normalized spacial score (nSPS) is 13.3. The van der Waals surface area contributed by atoms with Gasteiger partial charge in [-0.2, -0.15) is 13.2 Å². The molecule has 1 heterocycles. The summed E-state index contributed by atoms with van der Waals surface area (Å²) in [6, 6.07) is 17.1. The molecule has 12 heteroatoms. The highest BCUT2D eigenvalue weighted by Gasteiger charge is 2.31. The molecule has 3 aromatic carbocycles. The number of hydrogen-bond acceptors (Lipinski definition) is 7. The van der Waals surface area contributed by atoms with Crippen LogP contribution in [-0.2, 0) is 15.7 Å². The number of methoxy groups -OCH3 is 1. The van der Waals surface area contributed by atoms with E-state index in [1.54, 1.807) is 42.5 Å². The van der Waals surface area contributed by atoms with Crippen LogP contribution in [-0.4, -0.2) is 41.7 Å². The lowest BCUT2D eigenvalue weighted by atomic mass is 9.98. The summed E-state index contributed by atoms with van der Waals surface area (Å²) in [5, 5.41) is 23.5. The molecule has 0 aliphatic carbocycles. The third kappa shape index (κ3) is 7.22. The molecule has 2 atom stereocenters. The number of nitrogens with one attached hydrogen (secondary N) is 1. The first-order valence-corrected chi connectivity index (χ1v) is 12.8. The van der Waals surface area contributed by atoms with Crippen molar-refractivity contribution in [2.24, 2.45) is 0 Å². The van der Waals surface area contributed by atoms with Crippen LogP contribution in [0.4, 0.5) is 24.0 Å². The first-order valence-electron chi connectivity index (χ1n) is 11.3. The van der Waals surface area contributed by atoms with Crippen LogP contribution in [0.5, 0.6) is 0 Å². The van der Waals surface area contributed by atoms with E-state index in [9.17, 15) is 18.3 Å². The molecular weight excluding hydrogens is 562 g/mol. The van der Waals surface area contributed by atoms with Crippen molar-refractivity contribution < 1.29 is 27.8 Å². The number of ether oxygens (including phenoxy) is 2. The van der Waals surface area contributed by atoms with E-state index in [1.165, 1.54) is 24.5 Å². The number of anilines is 2. The second-order valence-electron chi connectivity index (χ2n) is 8.24. The molecule has 0 saturated heterocycles. The first kappa shape index (κ1) is 28.3. The van der Waals surface area contributed by atoms with Crippen molar-refractivity contribution >= 4 is 45.4 Å². The molecule has 4 rings (SSSR count). The van der Waals surface area contributed by atoms with E-state index in [-0.39, 0.29) is 13.2 Å². The van der Waals surface area contributed by atoms with Gasteiger partial charge in [0.15, 0.2) is 0 Å². The summed E-state index contributed by atoms with van der Waals surface area (Å²) in [6.07, 6.45) is -6.34. The molecule has 0 spiro atoms. The second kappa shape index (κ2) is 12.4. The van der Waals surface area contributed by atoms with Crippen LogP contribution >= 0.6 is 34.5 Å². The van der Waals surface area contributed by atoms with Crippen molar-refractivity contribution in [3.8, 4) is 10.6 Å². The van der Waals surface area contributed by atoms with Crippen LogP contribution in [0.25, 0.3) is 10.6 Å². The number of aliphatic hydroxyl groups is 1. The van der Waals surface area contributed by atoms with E-state index in [0.717, 1.165) is 12.1 Å². The Morgan fingerprint density at radius 1 is 0.947 bits per heavy atom. The maximum atomic E-state index is 13.4. The third-order valence-electron chi connectivity index (χ3n) is 5.36. The van der Waals surface area contributed by atoms with Gasteiger partial charge in [0.25, 0.3) is 0 Å². The molecule has 0 aliphatic heterocycles. The Kier molecular flexibility index (Phi) is 9.24. The zero-order chi connectivity index (χ0) is 27.3. The Balaban J connectivity index is 1.62. The van der Waals surface area contributed by atoms with Gasteiger partial charge in [-0.25, -0.2) is 0 Å². The van der Waals surface area contributed by atoms with Crippen LogP contribution in [0.3, 0.4) is 0 Å². The predicted octanol–water partition coefficient (Wildman–Crippen LogP) is 7.39. The predicted molar refractivity (Wildman–Crippen MR) is 142 cm³/mol. The molecule has 38 heavy (non-hydrogen) atoms. The van der Waals surface area contributed by atoms with Crippen molar-refractivity contribution in [2.45, 2.75) is 18.4 Å². The summed E-state index contributed by atoms with van der Waals surface area (Å²) in [4.78, 5) is 0. The van der Waals surface area contributed by atoms with Gasteiger partial charge in [-0.05, 0) is 47.5 Å². The maximum absolute atomic E-state index is 13.4.